The smallest absolute Gasteiger partial charge is 0.407 e. The number of benzene rings is 1. The number of rotatable bonds is 6. The van der Waals surface area contributed by atoms with Gasteiger partial charge in [0.05, 0.1) is 16.0 Å². The Hall–Kier alpha value is -2.87. The number of alkyl carbamates (subject to hydrolysis) is 1. The maximum atomic E-state index is 11.4. The number of hydrogen-bond donors (Lipinski definition) is 2. The summed E-state index contributed by atoms with van der Waals surface area (Å²) in [4.78, 5) is 25.5. The molecule has 0 saturated carbocycles. The molecule has 2 aromatic rings. The largest absolute Gasteiger partial charge is 0.447 e. The molecule has 2 rings (SSSR count). The van der Waals surface area contributed by atoms with Crippen molar-refractivity contribution < 1.29 is 14.5 Å². The molecule has 132 valence electrons. The predicted molar refractivity (Wildman–Crippen MR) is 94.1 cm³/mol. The minimum Gasteiger partial charge on any atom is -0.447 e. The lowest BCUT2D eigenvalue weighted by Crippen LogP contribution is -2.26. The van der Waals surface area contributed by atoms with Gasteiger partial charge in [-0.2, -0.15) is 0 Å². The van der Waals surface area contributed by atoms with E-state index in [1.54, 1.807) is 26.0 Å². The van der Waals surface area contributed by atoms with E-state index in [4.69, 9.17) is 16.3 Å². The van der Waals surface area contributed by atoms with Crippen LogP contribution in [0.3, 0.4) is 0 Å². The Morgan fingerprint density at radius 1 is 1.36 bits per heavy atom. The fourth-order valence-electron chi connectivity index (χ4n) is 1.89. The van der Waals surface area contributed by atoms with Gasteiger partial charge in [0.2, 0.25) is 0 Å². The van der Waals surface area contributed by atoms with Gasteiger partial charge in [0.1, 0.15) is 12.0 Å². The third-order valence-electron chi connectivity index (χ3n) is 3.03. The van der Waals surface area contributed by atoms with Crippen molar-refractivity contribution in [3.8, 4) is 0 Å². The molecule has 1 heterocycles. The van der Waals surface area contributed by atoms with Gasteiger partial charge in [-0.3, -0.25) is 10.1 Å². The van der Waals surface area contributed by atoms with Crippen molar-refractivity contribution in [1.29, 1.82) is 0 Å². The number of ether oxygens (including phenoxy) is 1. The third-order valence-corrected chi connectivity index (χ3v) is 3.32. The first-order valence-corrected chi connectivity index (χ1v) is 7.83. The summed E-state index contributed by atoms with van der Waals surface area (Å²) in [6.07, 6.45) is 0.483. The normalized spacial score (nSPS) is 10.4. The average molecular weight is 365 g/mol. The molecule has 0 spiro atoms. The number of halogens is 1. The molecule has 0 fully saturated rings. The highest BCUT2D eigenvalue weighted by molar-refractivity contribution is 6.33. The molecule has 8 nitrogen and oxygen atoms in total. The number of anilines is 2. The molecule has 1 amide bonds. The van der Waals surface area contributed by atoms with E-state index in [0.717, 1.165) is 11.8 Å². The summed E-state index contributed by atoms with van der Waals surface area (Å²) in [7, 11) is 0. The van der Waals surface area contributed by atoms with E-state index in [-0.39, 0.29) is 16.8 Å². The van der Waals surface area contributed by atoms with Gasteiger partial charge in [0.25, 0.3) is 5.69 Å². The van der Waals surface area contributed by atoms with Crippen molar-refractivity contribution in [2.45, 2.75) is 26.5 Å². The zero-order valence-electron chi connectivity index (χ0n) is 13.7. The van der Waals surface area contributed by atoms with Gasteiger partial charge in [0.15, 0.2) is 0 Å². The number of pyridine rings is 1. The Bertz CT molecular complexity index is 765. The highest BCUT2D eigenvalue weighted by Gasteiger charge is 2.11. The Labute approximate surface area is 149 Å². The van der Waals surface area contributed by atoms with E-state index in [2.05, 4.69) is 15.6 Å². The van der Waals surface area contributed by atoms with E-state index in [0.29, 0.717) is 18.1 Å². The molecule has 0 aliphatic carbocycles. The van der Waals surface area contributed by atoms with E-state index in [1.807, 2.05) is 12.1 Å². The van der Waals surface area contributed by atoms with Crippen LogP contribution in [0.2, 0.25) is 5.02 Å². The molecular formula is C16H17ClN4O4. The minimum atomic E-state index is -0.561. The molecule has 2 N–H and O–H groups in total. The van der Waals surface area contributed by atoms with Crippen molar-refractivity contribution in [2.75, 3.05) is 5.32 Å². The van der Waals surface area contributed by atoms with Crippen LogP contribution in [-0.4, -0.2) is 22.1 Å². The predicted octanol–water partition coefficient (Wildman–Crippen LogP) is 4.02. The minimum absolute atomic E-state index is 0.149. The van der Waals surface area contributed by atoms with Crippen LogP contribution in [0.15, 0.2) is 36.5 Å². The number of carbonyl (C=O) groups excluding carboxylic acids is 1. The van der Waals surface area contributed by atoms with Crippen LogP contribution in [0, 0.1) is 10.1 Å². The van der Waals surface area contributed by atoms with Crippen LogP contribution in [-0.2, 0) is 11.3 Å². The Morgan fingerprint density at radius 3 is 2.60 bits per heavy atom. The number of aromatic nitrogens is 1. The monoisotopic (exact) mass is 364 g/mol. The van der Waals surface area contributed by atoms with E-state index in [9.17, 15) is 14.9 Å². The fourth-order valence-corrected chi connectivity index (χ4v) is 2.10. The molecule has 0 bridgehead atoms. The lowest BCUT2D eigenvalue weighted by atomic mass is 10.2. The Balaban J connectivity index is 1.96. The topological polar surface area (TPSA) is 106 Å². The Morgan fingerprint density at radius 2 is 2.04 bits per heavy atom. The maximum absolute atomic E-state index is 11.4. The molecular weight excluding hydrogens is 348 g/mol. The van der Waals surface area contributed by atoms with Crippen molar-refractivity contribution in [2.24, 2.45) is 0 Å². The second-order valence-corrected chi connectivity index (χ2v) is 5.82. The summed E-state index contributed by atoms with van der Waals surface area (Å²) in [5.41, 5.74) is 1.41. The molecule has 0 atom stereocenters. The van der Waals surface area contributed by atoms with Crippen LogP contribution in [0.25, 0.3) is 0 Å². The second-order valence-electron chi connectivity index (χ2n) is 5.41. The lowest BCUT2D eigenvalue weighted by molar-refractivity contribution is -0.385. The summed E-state index contributed by atoms with van der Waals surface area (Å²) >= 11 is 5.99. The van der Waals surface area contributed by atoms with Crippen LogP contribution >= 0.6 is 11.6 Å². The number of nitrogens with one attached hydrogen (secondary N) is 2. The van der Waals surface area contributed by atoms with Gasteiger partial charge >= 0.3 is 6.09 Å². The summed E-state index contributed by atoms with van der Waals surface area (Å²) in [5.74, 6) is 0.318. The summed E-state index contributed by atoms with van der Waals surface area (Å²) in [6.45, 7) is 3.89. The van der Waals surface area contributed by atoms with Gasteiger partial charge in [0, 0.05) is 18.3 Å². The molecule has 25 heavy (non-hydrogen) atoms. The molecule has 0 aliphatic rings. The fraction of sp³-hybridized carbons (Fsp3) is 0.250. The molecule has 0 saturated heterocycles. The zero-order chi connectivity index (χ0) is 18.4. The van der Waals surface area contributed by atoms with Crippen LogP contribution in [0.4, 0.5) is 22.0 Å². The molecule has 1 aromatic heterocycles. The van der Waals surface area contributed by atoms with Gasteiger partial charge in [-0.25, -0.2) is 9.78 Å². The molecule has 9 heteroatoms. The third kappa shape index (κ3) is 5.61. The number of nitrogens with zero attached hydrogens (tertiary/aromatic N) is 2. The SMILES string of the molecule is CC(C)OC(=O)NCc1ccc(Nc2ncc([N+](=O)[O-])cc2Cl)cc1. The van der Waals surface area contributed by atoms with Crippen molar-refractivity contribution >= 4 is 34.9 Å². The number of amides is 1. The van der Waals surface area contributed by atoms with Gasteiger partial charge in [-0.15, -0.1) is 0 Å². The standard InChI is InChI=1S/C16H17ClN4O4/c1-10(2)25-16(22)19-8-11-3-5-12(6-4-11)20-15-14(17)7-13(9-18-15)21(23)24/h3-7,9-10H,8H2,1-2H3,(H,18,20)(H,19,22). The van der Waals surface area contributed by atoms with E-state index < -0.39 is 11.0 Å². The zero-order valence-corrected chi connectivity index (χ0v) is 14.4. The van der Waals surface area contributed by atoms with Crippen LogP contribution in [0.1, 0.15) is 19.4 Å². The first kappa shape index (κ1) is 18.5. The van der Waals surface area contributed by atoms with Gasteiger partial charge in [-0.1, -0.05) is 23.7 Å². The van der Waals surface area contributed by atoms with E-state index in [1.165, 1.54) is 6.07 Å². The van der Waals surface area contributed by atoms with Crippen molar-refractivity contribution in [1.82, 2.24) is 10.3 Å². The number of hydrogen-bond acceptors (Lipinski definition) is 6. The highest BCUT2D eigenvalue weighted by atomic mass is 35.5. The molecule has 0 aliphatic heterocycles. The first-order chi connectivity index (χ1) is 11.8. The van der Waals surface area contributed by atoms with Gasteiger partial charge in [-0.05, 0) is 31.5 Å². The van der Waals surface area contributed by atoms with Crippen LogP contribution in [0.5, 0.6) is 0 Å². The highest BCUT2D eigenvalue weighted by Crippen LogP contribution is 2.26. The summed E-state index contributed by atoms with van der Waals surface area (Å²) in [5, 5.41) is 16.5. The van der Waals surface area contributed by atoms with E-state index >= 15 is 0 Å². The Kier molecular flexibility index (Phi) is 6.13. The summed E-state index contributed by atoms with van der Waals surface area (Å²) in [6, 6.07) is 8.43. The lowest BCUT2D eigenvalue weighted by Gasteiger charge is -2.10. The molecule has 0 radical (unpaired) electrons. The van der Waals surface area contributed by atoms with Crippen LogP contribution < -0.4 is 10.6 Å². The summed E-state index contributed by atoms with van der Waals surface area (Å²) < 4.78 is 4.98. The average Bonchev–Trinajstić information content (AvgIpc) is 2.55. The quantitative estimate of drug-likeness (QED) is 0.592. The maximum Gasteiger partial charge on any atom is 0.407 e. The van der Waals surface area contributed by atoms with Crippen molar-refractivity contribution in [3.63, 3.8) is 0 Å². The van der Waals surface area contributed by atoms with Gasteiger partial charge < -0.3 is 15.4 Å². The second kappa shape index (κ2) is 8.29. The number of carbonyl (C=O) groups is 1. The number of nitro groups is 1. The first-order valence-electron chi connectivity index (χ1n) is 7.45. The molecule has 0 unspecified atom stereocenters. The molecule has 1 aromatic carbocycles. The van der Waals surface area contributed by atoms with Crippen molar-refractivity contribution in [3.05, 3.63) is 57.2 Å².